The second kappa shape index (κ2) is 5.35. The van der Waals surface area contributed by atoms with E-state index in [4.69, 9.17) is 21.5 Å². The highest BCUT2D eigenvalue weighted by atomic mass is 35.5. The van der Waals surface area contributed by atoms with Crippen LogP contribution in [-0.4, -0.2) is 8.42 Å². The minimum Gasteiger partial charge on any atom is -0.453 e. The first-order chi connectivity index (χ1) is 9.27. The number of rotatable bonds is 3. The largest absolute Gasteiger partial charge is 0.453 e. The number of hydrogen-bond acceptors (Lipinski definition) is 3. The normalized spacial score (nSPS) is 11.4. The molecule has 8 heteroatoms. The van der Waals surface area contributed by atoms with Crippen molar-refractivity contribution in [1.82, 2.24) is 0 Å². The molecule has 20 heavy (non-hydrogen) atoms. The number of nitrogens with two attached hydrogens (primary N) is 1. The maximum absolute atomic E-state index is 13.4. The first-order valence-electron chi connectivity index (χ1n) is 5.22. The molecule has 2 rings (SSSR count). The number of sulfonamides is 1. The molecule has 0 heterocycles. The van der Waals surface area contributed by atoms with Crippen LogP contribution in [0.3, 0.4) is 0 Å². The number of primary sulfonamides is 1. The van der Waals surface area contributed by atoms with E-state index in [1.54, 1.807) is 0 Å². The highest BCUT2D eigenvalue weighted by Gasteiger charge is 2.13. The monoisotopic (exact) mass is 319 g/mol. The van der Waals surface area contributed by atoms with Crippen molar-refractivity contribution in [3.05, 3.63) is 53.1 Å². The van der Waals surface area contributed by atoms with Gasteiger partial charge in [0.15, 0.2) is 11.6 Å². The fourth-order valence-corrected chi connectivity index (χ4v) is 2.24. The van der Waals surface area contributed by atoms with Crippen molar-refractivity contribution >= 4 is 21.6 Å². The van der Waals surface area contributed by atoms with E-state index in [1.165, 1.54) is 6.07 Å². The van der Waals surface area contributed by atoms with Gasteiger partial charge in [0.25, 0.3) is 0 Å². The van der Waals surface area contributed by atoms with Crippen molar-refractivity contribution in [3.63, 3.8) is 0 Å². The number of hydrogen-bond donors (Lipinski definition) is 1. The van der Waals surface area contributed by atoms with Crippen LogP contribution in [-0.2, 0) is 10.0 Å². The summed E-state index contributed by atoms with van der Waals surface area (Å²) in [4.78, 5) is -0.213. The number of ether oxygens (including phenoxy) is 1. The van der Waals surface area contributed by atoms with Gasteiger partial charge in [-0.1, -0.05) is 11.6 Å². The predicted molar refractivity (Wildman–Crippen MR) is 69.3 cm³/mol. The lowest BCUT2D eigenvalue weighted by molar-refractivity contribution is 0.436. The average molecular weight is 320 g/mol. The van der Waals surface area contributed by atoms with E-state index in [0.717, 1.165) is 30.3 Å². The van der Waals surface area contributed by atoms with Gasteiger partial charge in [0.2, 0.25) is 10.0 Å². The van der Waals surface area contributed by atoms with E-state index < -0.39 is 21.7 Å². The van der Waals surface area contributed by atoms with Crippen LogP contribution in [0.25, 0.3) is 0 Å². The molecule has 0 aliphatic carbocycles. The Hall–Kier alpha value is -1.70. The molecule has 0 spiro atoms. The van der Waals surface area contributed by atoms with Crippen LogP contribution in [0.5, 0.6) is 11.5 Å². The van der Waals surface area contributed by atoms with Crippen molar-refractivity contribution < 1.29 is 21.9 Å². The Morgan fingerprint density at radius 1 is 1.05 bits per heavy atom. The Kier molecular flexibility index (Phi) is 3.94. The summed E-state index contributed by atoms with van der Waals surface area (Å²) in [5, 5.41) is 4.84. The Balaban J connectivity index is 2.38. The fourth-order valence-electron chi connectivity index (χ4n) is 1.42. The highest BCUT2D eigenvalue weighted by molar-refractivity contribution is 7.89. The van der Waals surface area contributed by atoms with Gasteiger partial charge in [-0.25, -0.2) is 22.3 Å². The molecule has 0 amide bonds. The molecular formula is C12H8ClF2NO3S. The molecule has 4 nitrogen and oxygen atoms in total. The molecule has 0 saturated carbocycles. The summed E-state index contributed by atoms with van der Waals surface area (Å²) in [7, 11) is -3.90. The van der Waals surface area contributed by atoms with Crippen molar-refractivity contribution in [2.24, 2.45) is 5.14 Å². The zero-order valence-electron chi connectivity index (χ0n) is 9.81. The van der Waals surface area contributed by atoms with Crippen LogP contribution < -0.4 is 9.88 Å². The second-order valence-corrected chi connectivity index (χ2v) is 5.78. The molecule has 0 aliphatic rings. The van der Waals surface area contributed by atoms with Gasteiger partial charge in [-0.15, -0.1) is 0 Å². The molecule has 0 aliphatic heterocycles. The summed E-state index contributed by atoms with van der Waals surface area (Å²) >= 11 is 5.82. The Morgan fingerprint density at radius 3 is 2.35 bits per heavy atom. The molecule has 2 aromatic carbocycles. The maximum atomic E-state index is 13.4. The number of benzene rings is 2. The van der Waals surface area contributed by atoms with Gasteiger partial charge in [0.1, 0.15) is 11.6 Å². The average Bonchev–Trinajstić information content (AvgIpc) is 2.35. The summed E-state index contributed by atoms with van der Waals surface area (Å²) < 4.78 is 53.8. The van der Waals surface area contributed by atoms with E-state index in [1.807, 2.05) is 0 Å². The summed E-state index contributed by atoms with van der Waals surface area (Å²) in [6.07, 6.45) is 0. The van der Waals surface area contributed by atoms with E-state index in [0.29, 0.717) is 0 Å². The van der Waals surface area contributed by atoms with E-state index in [9.17, 15) is 17.2 Å². The van der Waals surface area contributed by atoms with E-state index in [-0.39, 0.29) is 21.4 Å². The molecule has 0 fully saturated rings. The standard InChI is InChI=1S/C12H8ClF2NO3S/c13-9-6-8(20(16,17)18)2-4-11(9)19-12-5-7(14)1-3-10(12)15/h1-6H,(H2,16,17,18). The lowest BCUT2D eigenvalue weighted by Gasteiger charge is -2.09. The zero-order valence-corrected chi connectivity index (χ0v) is 11.4. The summed E-state index contributed by atoms with van der Waals surface area (Å²) in [5.41, 5.74) is 0. The molecule has 0 saturated heterocycles. The molecular weight excluding hydrogens is 312 g/mol. The van der Waals surface area contributed by atoms with Crippen LogP contribution in [0.4, 0.5) is 8.78 Å². The molecule has 0 bridgehead atoms. The van der Waals surface area contributed by atoms with Gasteiger partial charge in [-0.2, -0.15) is 0 Å². The lowest BCUT2D eigenvalue weighted by Crippen LogP contribution is -2.11. The Bertz CT molecular complexity index is 765. The van der Waals surface area contributed by atoms with Crippen molar-refractivity contribution in [1.29, 1.82) is 0 Å². The SMILES string of the molecule is NS(=O)(=O)c1ccc(Oc2cc(F)ccc2F)c(Cl)c1. The summed E-state index contributed by atoms with van der Waals surface area (Å²) in [5.74, 6) is -1.85. The first-order valence-corrected chi connectivity index (χ1v) is 7.15. The third-order valence-corrected chi connectivity index (χ3v) is 3.55. The smallest absolute Gasteiger partial charge is 0.238 e. The minimum atomic E-state index is -3.90. The highest BCUT2D eigenvalue weighted by Crippen LogP contribution is 2.32. The quantitative estimate of drug-likeness (QED) is 0.945. The van der Waals surface area contributed by atoms with Crippen LogP contribution >= 0.6 is 11.6 Å². The third-order valence-electron chi connectivity index (χ3n) is 2.35. The van der Waals surface area contributed by atoms with E-state index >= 15 is 0 Å². The molecule has 0 radical (unpaired) electrons. The molecule has 0 aromatic heterocycles. The van der Waals surface area contributed by atoms with Crippen molar-refractivity contribution in [3.8, 4) is 11.5 Å². The Labute approximate surface area is 118 Å². The Morgan fingerprint density at radius 2 is 1.75 bits per heavy atom. The van der Waals surface area contributed by atoms with Gasteiger partial charge in [-0.05, 0) is 30.3 Å². The van der Waals surface area contributed by atoms with Crippen LogP contribution in [0.15, 0.2) is 41.3 Å². The van der Waals surface area contributed by atoms with Gasteiger partial charge in [0, 0.05) is 6.07 Å². The lowest BCUT2D eigenvalue weighted by atomic mass is 10.3. The van der Waals surface area contributed by atoms with Gasteiger partial charge >= 0.3 is 0 Å². The third kappa shape index (κ3) is 3.24. The minimum absolute atomic E-state index is 0.0245. The topological polar surface area (TPSA) is 69.4 Å². The predicted octanol–water partition coefficient (Wildman–Crippen LogP) is 3.06. The first kappa shape index (κ1) is 14.7. The molecule has 2 N–H and O–H groups in total. The van der Waals surface area contributed by atoms with Crippen molar-refractivity contribution in [2.75, 3.05) is 0 Å². The zero-order chi connectivity index (χ0) is 14.9. The molecule has 2 aromatic rings. The maximum Gasteiger partial charge on any atom is 0.238 e. The van der Waals surface area contributed by atoms with Crippen molar-refractivity contribution in [2.45, 2.75) is 4.90 Å². The summed E-state index contributed by atoms with van der Waals surface area (Å²) in [6.45, 7) is 0. The molecule has 106 valence electrons. The number of halogens is 3. The van der Waals surface area contributed by atoms with Gasteiger partial charge in [-0.3, -0.25) is 0 Å². The van der Waals surface area contributed by atoms with Gasteiger partial charge in [0.05, 0.1) is 9.92 Å². The van der Waals surface area contributed by atoms with Crippen LogP contribution in [0.1, 0.15) is 0 Å². The summed E-state index contributed by atoms with van der Waals surface area (Å²) in [6, 6.07) is 6.09. The molecule has 0 atom stereocenters. The fraction of sp³-hybridized carbons (Fsp3) is 0. The van der Waals surface area contributed by atoms with Gasteiger partial charge < -0.3 is 4.74 Å². The van der Waals surface area contributed by atoms with Crippen LogP contribution in [0.2, 0.25) is 5.02 Å². The molecule has 0 unspecified atom stereocenters. The second-order valence-electron chi connectivity index (χ2n) is 3.81. The van der Waals surface area contributed by atoms with Crippen LogP contribution in [0, 0.1) is 11.6 Å². The van der Waals surface area contributed by atoms with E-state index in [2.05, 4.69) is 0 Å².